The van der Waals surface area contributed by atoms with Crippen molar-refractivity contribution >= 4 is 28.9 Å². The van der Waals surface area contributed by atoms with Crippen LogP contribution in [0.2, 0.25) is 5.02 Å². The molecule has 2 fully saturated rings. The normalized spacial score (nSPS) is 17.1. The summed E-state index contributed by atoms with van der Waals surface area (Å²) >= 11 is 6.02. The first kappa shape index (κ1) is 30.7. The largest absolute Gasteiger partial charge is 0.486 e. The third-order valence-electron chi connectivity index (χ3n) is 7.52. The number of benzene rings is 2. The summed E-state index contributed by atoms with van der Waals surface area (Å²) in [6.45, 7) is 8.73. The highest BCUT2D eigenvalue weighted by Gasteiger charge is 2.25. The molecule has 2 aliphatic rings. The predicted octanol–water partition coefficient (Wildman–Crippen LogP) is 6.59. The maximum Gasteiger partial charge on any atom is 0.311 e. The van der Waals surface area contributed by atoms with E-state index in [2.05, 4.69) is 22.3 Å². The van der Waals surface area contributed by atoms with Gasteiger partial charge in [-0.2, -0.15) is 0 Å². The molecule has 9 heteroatoms. The van der Waals surface area contributed by atoms with Gasteiger partial charge in [0.25, 0.3) is 0 Å². The minimum Gasteiger partial charge on any atom is -0.486 e. The lowest BCUT2D eigenvalue weighted by molar-refractivity contribution is -0.385. The minimum atomic E-state index is -0.411. The Balaban J connectivity index is 0.00000420. The number of hydrogen-bond acceptors (Lipinski definition) is 6. The van der Waals surface area contributed by atoms with Gasteiger partial charge in [0, 0.05) is 54.9 Å². The van der Waals surface area contributed by atoms with Gasteiger partial charge in [0.1, 0.15) is 0 Å². The molecule has 0 radical (unpaired) electrons. The van der Waals surface area contributed by atoms with Crippen LogP contribution >= 0.6 is 11.6 Å². The summed E-state index contributed by atoms with van der Waals surface area (Å²) in [7, 11) is 0. The molecule has 1 N–H and O–H groups in total. The molecule has 0 atom stereocenters. The van der Waals surface area contributed by atoms with Gasteiger partial charge >= 0.3 is 5.69 Å². The lowest BCUT2D eigenvalue weighted by Crippen LogP contribution is -2.43. The fourth-order valence-electron chi connectivity index (χ4n) is 5.27. The van der Waals surface area contributed by atoms with Gasteiger partial charge in [0.05, 0.1) is 11.5 Å². The van der Waals surface area contributed by atoms with Gasteiger partial charge in [-0.25, -0.2) is 0 Å². The van der Waals surface area contributed by atoms with E-state index < -0.39 is 4.92 Å². The van der Waals surface area contributed by atoms with E-state index in [4.69, 9.17) is 16.3 Å². The van der Waals surface area contributed by atoms with E-state index in [1.807, 2.05) is 30.9 Å². The van der Waals surface area contributed by atoms with Crippen molar-refractivity contribution in [1.82, 2.24) is 9.80 Å². The van der Waals surface area contributed by atoms with Crippen LogP contribution in [0.5, 0.6) is 5.75 Å². The summed E-state index contributed by atoms with van der Waals surface area (Å²) in [5.74, 6) is 1.36. The monoisotopic (exact) mass is 558 g/mol. The van der Waals surface area contributed by atoms with Gasteiger partial charge in [0.2, 0.25) is 5.91 Å². The molecule has 1 amide bonds. The number of halogens is 1. The Labute approximate surface area is 237 Å². The second-order valence-electron chi connectivity index (χ2n) is 10.9. The zero-order chi connectivity index (χ0) is 27.1. The molecule has 0 unspecified atom stereocenters. The van der Waals surface area contributed by atoms with Crippen LogP contribution in [-0.4, -0.2) is 66.0 Å². The number of rotatable bonds is 10. The molecule has 2 aromatic carbocycles. The van der Waals surface area contributed by atoms with Crippen LogP contribution in [0.1, 0.15) is 64.9 Å². The zero-order valence-corrected chi connectivity index (χ0v) is 23.2. The lowest BCUT2D eigenvalue weighted by atomic mass is 9.89. The molecule has 2 saturated heterocycles. The van der Waals surface area contributed by atoms with Crippen molar-refractivity contribution < 1.29 is 14.5 Å². The maximum absolute atomic E-state index is 12.9. The second-order valence-corrected chi connectivity index (χ2v) is 11.3. The first-order valence-corrected chi connectivity index (χ1v) is 14.1. The second kappa shape index (κ2) is 14.5. The number of amides is 1. The van der Waals surface area contributed by atoms with Gasteiger partial charge in [-0.15, -0.1) is 0 Å². The molecule has 8 nitrogen and oxygen atoms in total. The number of nitro groups is 1. The van der Waals surface area contributed by atoms with E-state index in [1.165, 1.54) is 11.6 Å². The Morgan fingerprint density at radius 1 is 1.08 bits per heavy atom. The fraction of sp³-hybridized carbons (Fsp3) is 0.567. The van der Waals surface area contributed by atoms with E-state index >= 15 is 0 Å². The summed E-state index contributed by atoms with van der Waals surface area (Å²) in [6, 6.07) is 13.3. The van der Waals surface area contributed by atoms with Crippen LogP contribution in [0.25, 0.3) is 0 Å². The van der Waals surface area contributed by atoms with E-state index in [0.29, 0.717) is 24.7 Å². The van der Waals surface area contributed by atoms with E-state index in [-0.39, 0.29) is 31.0 Å². The predicted molar refractivity (Wildman–Crippen MR) is 158 cm³/mol. The third-order valence-corrected chi connectivity index (χ3v) is 7.77. The molecule has 4 rings (SSSR count). The third kappa shape index (κ3) is 8.83. The molecule has 2 heterocycles. The molecule has 0 aromatic heterocycles. The number of ether oxygens (including phenoxy) is 1. The molecule has 214 valence electrons. The van der Waals surface area contributed by atoms with Gasteiger partial charge in [-0.05, 0) is 74.4 Å². The zero-order valence-electron chi connectivity index (χ0n) is 22.4. The number of nitrogens with one attached hydrogen (secondary N) is 1. The standard InChI is InChI=1S/C29H39ClN4O4.CH4/c1-21(2)20-38-28-19-26(7-8-27(28)34(36)37)31-25-11-17-33(18-12-25)29(35)13-16-32-14-9-23(10-15-32)22-3-5-24(30)6-4-22;/h3-8,19,21,23,25,31H,9-18,20H2,1-2H3;1H4. The summed E-state index contributed by atoms with van der Waals surface area (Å²) in [4.78, 5) is 28.2. The molecular weight excluding hydrogens is 516 g/mol. The van der Waals surface area contributed by atoms with Crippen molar-refractivity contribution in [2.75, 3.05) is 44.6 Å². The summed E-state index contributed by atoms with van der Waals surface area (Å²) < 4.78 is 5.70. The Morgan fingerprint density at radius 2 is 1.74 bits per heavy atom. The smallest absolute Gasteiger partial charge is 0.311 e. The summed E-state index contributed by atoms with van der Waals surface area (Å²) in [6.07, 6.45) is 4.47. The number of piperidine rings is 2. The summed E-state index contributed by atoms with van der Waals surface area (Å²) in [5, 5.41) is 15.6. The Morgan fingerprint density at radius 3 is 2.36 bits per heavy atom. The average Bonchev–Trinajstić information content (AvgIpc) is 2.91. The van der Waals surface area contributed by atoms with Crippen LogP contribution in [0.4, 0.5) is 11.4 Å². The van der Waals surface area contributed by atoms with Gasteiger partial charge in [-0.3, -0.25) is 14.9 Å². The fourth-order valence-corrected chi connectivity index (χ4v) is 5.40. The molecule has 0 bridgehead atoms. The molecule has 0 spiro atoms. The minimum absolute atomic E-state index is 0. The topological polar surface area (TPSA) is 88.0 Å². The van der Waals surface area contributed by atoms with Crippen molar-refractivity contribution in [3.8, 4) is 5.75 Å². The van der Waals surface area contributed by atoms with Gasteiger partial charge in [0.15, 0.2) is 5.75 Å². The van der Waals surface area contributed by atoms with E-state index in [0.717, 1.165) is 69.1 Å². The van der Waals surface area contributed by atoms with Crippen molar-refractivity contribution in [1.29, 1.82) is 0 Å². The molecule has 0 saturated carbocycles. The lowest BCUT2D eigenvalue weighted by Gasteiger charge is -2.35. The number of carbonyl (C=O) groups is 1. The van der Waals surface area contributed by atoms with Crippen LogP contribution in [-0.2, 0) is 4.79 Å². The highest BCUT2D eigenvalue weighted by Crippen LogP contribution is 2.32. The Hall–Kier alpha value is -2.84. The van der Waals surface area contributed by atoms with Gasteiger partial charge in [-0.1, -0.05) is 45.0 Å². The SMILES string of the molecule is C.CC(C)COc1cc(NC2CCN(C(=O)CCN3CCC(c4ccc(Cl)cc4)CC3)CC2)ccc1[N+](=O)[O-]. The molecular formula is C30H43ClN4O4. The number of likely N-dealkylation sites (tertiary alicyclic amines) is 2. The highest BCUT2D eigenvalue weighted by atomic mass is 35.5. The van der Waals surface area contributed by atoms with Crippen molar-refractivity contribution in [2.45, 2.75) is 65.3 Å². The number of carbonyl (C=O) groups excluding carboxylic acids is 1. The highest BCUT2D eigenvalue weighted by molar-refractivity contribution is 6.30. The maximum atomic E-state index is 12.9. The average molecular weight is 559 g/mol. The Bertz CT molecular complexity index is 1080. The molecule has 2 aliphatic heterocycles. The van der Waals surface area contributed by atoms with Crippen molar-refractivity contribution in [3.63, 3.8) is 0 Å². The van der Waals surface area contributed by atoms with Crippen molar-refractivity contribution in [3.05, 3.63) is 63.2 Å². The first-order valence-electron chi connectivity index (χ1n) is 13.7. The quantitative estimate of drug-likeness (QED) is 0.261. The van der Waals surface area contributed by atoms with Crippen molar-refractivity contribution in [2.24, 2.45) is 5.92 Å². The molecule has 0 aliphatic carbocycles. The number of nitro benzene ring substituents is 1. The van der Waals surface area contributed by atoms with E-state index in [1.54, 1.807) is 12.1 Å². The first-order chi connectivity index (χ1) is 18.3. The molecule has 2 aromatic rings. The Kier molecular flexibility index (Phi) is 11.4. The number of hydrogen-bond donors (Lipinski definition) is 1. The molecule has 39 heavy (non-hydrogen) atoms. The van der Waals surface area contributed by atoms with Crippen LogP contribution in [0, 0.1) is 16.0 Å². The van der Waals surface area contributed by atoms with Crippen LogP contribution in [0.3, 0.4) is 0 Å². The van der Waals surface area contributed by atoms with Crippen LogP contribution < -0.4 is 10.1 Å². The number of nitrogens with zero attached hydrogens (tertiary/aromatic N) is 3. The van der Waals surface area contributed by atoms with Crippen LogP contribution in [0.15, 0.2) is 42.5 Å². The van der Waals surface area contributed by atoms with Gasteiger partial charge < -0.3 is 19.9 Å². The summed E-state index contributed by atoms with van der Waals surface area (Å²) in [5.41, 5.74) is 2.14. The number of anilines is 1. The van der Waals surface area contributed by atoms with E-state index in [9.17, 15) is 14.9 Å².